The van der Waals surface area contributed by atoms with Crippen molar-refractivity contribution in [3.63, 3.8) is 0 Å². The van der Waals surface area contributed by atoms with Crippen molar-refractivity contribution in [3.05, 3.63) is 42.2 Å². The third kappa shape index (κ3) is 2.60. The number of imidazole rings is 1. The monoisotopic (exact) mass is 378 g/mol. The summed E-state index contributed by atoms with van der Waals surface area (Å²) in [5.41, 5.74) is 2.91. The van der Waals surface area contributed by atoms with Crippen LogP contribution in [0.1, 0.15) is 30.4 Å². The Morgan fingerprint density at radius 2 is 1.79 bits per heavy atom. The van der Waals surface area contributed by atoms with E-state index in [4.69, 9.17) is 4.98 Å². The fraction of sp³-hybridized carbons (Fsp3) is 0.476. The molecule has 0 radical (unpaired) electrons. The molecule has 3 aromatic rings. The number of benzene rings is 1. The SMILES string of the molecule is CC(C)n1c(N2CC3CN(C(=O)c4ccnn4C)CC3C2)nc2ccccc21. The highest BCUT2D eigenvalue weighted by Gasteiger charge is 2.43. The largest absolute Gasteiger partial charge is 0.342 e. The highest BCUT2D eigenvalue weighted by Crippen LogP contribution is 2.36. The number of rotatable bonds is 3. The summed E-state index contributed by atoms with van der Waals surface area (Å²) >= 11 is 0. The number of hydrogen-bond acceptors (Lipinski definition) is 4. The second-order valence-electron chi connectivity index (χ2n) is 8.34. The van der Waals surface area contributed by atoms with E-state index >= 15 is 0 Å². The van der Waals surface area contributed by atoms with E-state index < -0.39 is 0 Å². The zero-order valence-corrected chi connectivity index (χ0v) is 16.6. The maximum absolute atomic E-state index is 12.8. The average Bonchev–Trinajstić information content (AvgIpc) is 3.41. The average molecular weight is 378 g/mol. The summed E-state index contributed by atoms with van der Waals surface area (Å²) in [6.45, 7) is 7.96. The number of nitrogens with zero attached hydrogens (tertiary/aromatic N) is 6. The van der Waals surface area contributed by atoms with E-state index in [2.05, 4.69) is 46.6 Å². The molecular formula is C21H26N6O. The minimum absolute atomic E-state index is 0.0929. The van der Waals surface area contributed by atoms with Crippen molar-refractivity contribution in [1.82, 2.24) is 24.2 Å². The quantitative estimate of drug-likeness (QED) is 0.703. The van der Waals surface area contributed by atoms with Gasteiger partial charge in [-0.2, -0.15) is 5.10 Å². The van der Waals surface area contributed by atoms with E-state index in [9.17, 15) is 4.79 Å². The summed E-state index contributed by atoms with van der Waals surface area (Å²) in [6, 6.07) is 10.5. The summed E-state index contributed by atoms with van der Waals surface area (Å²) in [5, 5.41) is 4.13. The molecule has 2 aromatic heterocycles. The number of anilines is 1. The minimum Gasteiger partial charge on any atom is -0.342 e. The third-order valence-corrected chi connectivity index (χ3v) is 6.19. The second-order valence-corrected chi connectivity index (χ2v) is 8.34. The van der Waals surface area contributed by atoms with Gasteiger partial charge in [0.05, 0.1) is 11.0 Å². The molecule has 2 fully saturated rings. The molecule has 0 spiro atoms. The lowest BCUT2D eigenvalue weighted by Gasteiger charge is -2.24. The van der Waals surface area contributed by atoms with Crippen LogP contribution in [-0.2, 0) is 7.05 Å². The van der Waals surface area contributed by atoms with Gasteiger partial charge in [0.2, 0.25) is 5.95 Å². The fourth-order valence-corrected chi connectivity index (χ4v) is 4.83. The molecule has 7 nitrogen and oxygen atoms in total. The van der Waals surface area contributed by atoms with Gasteiger partial charge in [-0.3, -0.25) is 9.48 Å². The van der Waals surface area contributed by atoms with E-state index in [0.717, 1.165) is 37.6 Å². The van der Waals surface area contributed by atoms with Crippen molar-refractivity contribution in [3.8, 4) is 0 Å². The Balaban J connectivity index is 1.36. The highest BCUT2D eigenvalue weighted by molar-refractivity contribution is 5.92. The Labute approximate surface area is 164 Å². The first-order valence-electron chi connectivity index (χ1n) is 10.0. The maximum atomic E-state index is 12.8. The topological polar surface area (TPSA) is 59.2 Å². The van der Waals surface area contributed by atoms with Crippen molar-refractivity contribution in [2.75, 3.05) is 31.1 Å². The Morgan fingerprint density at radius 3 is 2.43 bits per heavy atom. The van der Waals surface area contributed by atoms with Crippen molar-refractivity contribution in [2.45, 2.75) is 19.9 Å². The molecule has 2 saturated heterocycles. The smallest absolute Gasteiger partial charge is 0.272 e. The van der Waals surface area contributed by atoms with Gasteiger partial charge < -0.3 is 14.4 Å². The van der Waals surface area contributed by atoms with Crippen molar-refractivity contribution >= 4 is 22.9 Å². The summed E-state index contributed by atoms with van der Waals surface area (Å²) in [7, 11) is 1.82. The zero-order chi connectivity index (χ0) is 19.4. The van der Waals surface area contributed by atoms with Crippen LogP contribution in [0.3, 0.4) is 0 Å². The number of likely N-dealkylation sites (tertiary alicyclic amines) is 1. The normalized spacial score (nSPS) is 21.9. The van der Waals surface area contributed by atoms with Crippen LogP contribution in [0.15, 0.2) is 36.5 Å². The molecule has 2 atom stereocenters. The third-order valence-electron chi connectivity index (χ3n) is 6.19. The number of aryl methyl sites for hydroxylation is 1. The molecule has 2 aliphatic rings. The van der Waals surface area contributed by atoms with Crippen LogP contribution in [0.2, 0.25) is 0 Å². The van der Waals surface area contributed by atoms with E-state index in [1.807, 2.05) is 18.0 Å². The molecule has 0 bridgehead atoms. The van der Waals surface area contributed by atoms with Crippen molar-refractivity contribution < 1.29 is 4.79 Å². The van der Waals surface area contributed by atoms with Gasteiger partial charge in [-0.15, -0.1) is 0 Å². The minimum atomic E-state index is 0.0929. The van der Waals surface area contributed by atoms with Gasteiger partial charge in [0.15, 0.2) is 0 Å². The van der Waals surface area contributed by atoms with Gasteiger partial charge >= 0.3 is 0 Å². The molecule has 7 heteroatoms. The molecule has 2 aliphatic heterocycles. The maximum Gasteiger partial charge on any atom is 0.272 e. The number of para-hydroxylation sites is 2. The van der Waals surface area contributed by atoms with Crippen LogP contribution >= 0.6 is 0 Å². The lowest BCUT2D eigenvalue weighted by Crippen LogP contribution is -2.35. The van der Waals surface area contributed by atoms with Gasteiger partial charge in [0, 0.05) is 57.3 Å². The number of aromatic nitrogens is 4. The molecule has 1 amide bonds. The van der Waals surface area contributed by atoms with Crippen molar-refractivity contribution in [2.24, 2.45) is 18.9 Å². The van der Waals surface area contributed by atoms with E-state index in [-0.39, 0.29) is 5.91 Å². The molecular weight excluding hydrogens is 352 g/mol. The van der Waals surface area contributed by atoms with Gasteiger partial charge in [-0.05, 0) is 32.0 Å². The first kappa shape index (κ1) is 17.3. The van der Waals surface area contributed by atoms with E-state index in [1.165, 1.54) is 5.52 Å². The van der Waals surface area contributed by atoms with Gasteiger partial charge in [0.1, 0.15) is 5.69 Å². The fourth-order valence-electron chi connectivity index (χ4n) is 4.83. The first-order valence-corrected chi connectivity index (χ1v) is 10.0. The predicted octanol–water partition coefficient (Wildman–Crippen LogP) is 2.56. The van der Waals surface area contributed by atoms with Crippen molar-refractivity contribution in [1.29, 1.82) is 0 Å². The van der Waals surface area contributed by atoms with Crippen LogP contribution < -0.4 is 4.90 Å². The number of amides is 1. The molecule has 0 saturated carbocycles. The number of fused-ring (bicyclic) bond motifs is 2. The number of carbonyl (C=O) groups is 1. The Bertz CT molecular complexity index is 1020. The molecule has 4 heterocycles. The molecule has 1 aromatic carbocycles. The standard InChI is InChI=1S/C21H26N6O/c1-14(2)27-18-7-5-4-6-17(18)23-21(27)26-12-15-10-25(11-16(15)13-26)20(28)19-8-9-22-24(19)3/h4-9,14-16H,10-13H2,1-3H3. The summed E-state index contributed by atoms with van der Waals surface area (Å²) in [4.78, 5) is 22.2. The molecule has 146 valence electrons. The Hall–Kier alpha value is -2.83. The lowest BCUT2D eigenvalue weighted by molar-refractivity contribution is 0.0771. The highest BCUT2D eigenvalue weighted by atomic mass is 16.2. The first-order chi connectivity index (χ1) is 13.5. The molecule has 5 rings (SSSR count). The number of hydrogen-bond donors (Lipinski definition) is 0. The summed E-state index contributed by atoms with van der Waals surface area (Å²) < 4.78 is 4.00. The Kier molecular flexibility index (Phi) is 3.92. The van der Waals surface area contributed by atoms with Gasteiger partial charge in [0.25, 0.3) is 5.91 Å². The van der Waals surface area contributed by atoms with Crippen LogP contribution in [0, 0.1) is 11.8 Å². The summed E-state index contributed by atoms with van der Waals surface area (Å²) in [6.07, 6.45) is 1.68. The van der Waals surface area contributed by atoms with Crippen LogP contribution in [0.4, 0.5) is 5.95 Å². The predicted molar refractivity (Wildman–Crippen MR) is 108 cm³/mol. The van der Waals surface area contributed by atoms with E-state index in [1.54, 1.807) is 16.9 Å². The van der Waals surface area contributed by atoms with Gasteiger partial charge in [-0.1, -0.05) is 12.1 Å². The zero-order valence-electron chi connectivity index (χ0n) is 16.6. The summed E-state index contributed by atoms with van der Waals surface area (Å²) in [5.74, 6) is 2.15. The van der Waals surface area contributed by atoms with Crippen LogP contribution in [0.5, 0.6) is 0 Å². The molecule has 0 N–H and O–H groups in total. The van der Waals surface area contributed by atoms with Crippen LogP contribution in [0.25, 0.3) is 11.0 Å². The molecule has 0 aliphatic carbocycles. The Morgan fingerprint density at radius 1 is 1.07 bits per heavy atom. The van der Waals surface area contributed by atoms with Gasteiger partial charge in [-0.25, -0.2) is 4.98 Å². The molecule has 28 heavy (non-hydrogen) atoms. The lowest BCUT2D eigenvalue weighted by atomic mass is 10.0. The van der Waals surface area contributed by atoms with Crippen LogP contribution in [-0.4, -0.2) is 56.3 Å². The second kappa shape index (κ2) is 6.36. The molecule has 2 unspecified atom stereocenters. The van der Waals surface area contributed by atoms with E-state index in [0.29, 0.717) is 23.6 Å². The number of carbonyl (C=O) groups excluding carboxylic acids is 1.